The second-order valence-electron chi connectivity index (χ2n) is 7.72. The zero-order valence-electron chi connectivity index (χ0n) is 17.8. The molecular formula is C21H27N3O5S2. The molecule has 1 fully saturated rings. The molecule has 1 N–H and O–H groups in total. The highest BCUT2D eigenvalue weighted by Crippen LogP contribution is 2.23. The Morgan fingerprint density at radius 3 is 2.13 bits per heavy atom. The van der Waals surface area contributed by atoms with Gasteiger partial charge in [0, 0.05) is 18.8 Å². The van der Waals surface area contributed by atoms with Gasteiger partial charge in [-0.25, -0.2) is 16.8 Å². The van der Waals surface area contributed by atoms with Crippen LogP contribution in [0.15, 0.2) is 47.4 Å². The Balaban J connectivity index is 1.73. The Hall–Kier alpha value is -2.43. The van der Waals surface area contributed by atoms with Crippen molar-refractivity contribution < 1.29 is 21.6 Å². The highest BCUT2D eigenvalue weighted by atomic mass is 32.2. The molecule has 8 nitrogen and oxygen atoms in total. The quantitative estimate of drug-likeness (QED) is 0.677. The third-order valence-corrected chi connectivity index (χ3v) is 8.36. The number of amides is 1. The lowest BCUT2D eigenvalue weighted by atomic mass is 10.1. The Bertz CT molecular complexity index is 1170. The number of carbonyl (C=O) groups excluding carboxylic acids is 1. The number of hydrogen-bond donors (Lipinski definition) is 1. The summed E-state index contributed by atoms with van der Waals surface area (Å²) in [6, 6.07) is 11.1. The normalized spacial score (nSPS) is 15.1. The van der Waals surface area contributed by atoms with E-state index >= 15 is 0 Å². The maximum Gasteiger partial charge on any atom is 0.245 e. The minimum absolute atomic E-state index is 0.167. The van der Waals surface area contributed by atoms with Crippen molar-refractivity contribution in [2.75, 3.05) is 35.5 Å². The van der Waals surface area contributed by atoms with Crippen LogP contribution < -0.4 is 9.62 Å². The molecule has 1 saturated heterocycles. The molecule has 1 aliphatic heterocycles. The van der Waals surface area contributed by atoms with E-state index in [-0.39, 0.29) is 4.90 Å². The lowest BCUT2D eigenvalue weighted by Gasteiger charge is -2.22. The zero-order chi connectivity index (χ0) is 22.8. The molecule has 10 heteroatoms. The average molecular weight is 466 g/mol. The molecule has 1 amide bonds. The molecule has 0 spiro atoms. The molecule has 1 heterocycles. The van der Waals surface area contributed by atoms with E-state index in [0.717, 1.165) is 34.5 Å². The minimum atomic E-state index is -3.68. The Morgan fingerprint density at radius 2 is 1.58 bits per heavy atom. The van der Waals surface area contributed by atoms with Crippen molar-refractivity contribution >= 4 is 37.3 Å². The summed E-state index contributed by atoms with van der Waals surface area (Å²) in [5, 5.41) is 2.63. The van der Waals surface area contributed by atoms with Crippen molar-refractivity contribution in [2.24, 2.45) is 0 Å². The second kappa shape index (κ2) is 8.97. The SMILES string of the molecule is Cc1ccc(N(CC(=O)Nc2ccc(S(=O)(=O)N3CCCC3)cc2)S(C)(=O)=O)cc1C. The molecule has 0 saturated carbocycles. The number of carbonyl (C=O) groups is 1. The van der Waals surface area contributed by atoms with Crippen LogP contribution >= 0.6 is 0 Å². The van der Waals surface area contributed by atoms with Gasteiger partial charge in [0.1, 0.15) is 6.54 Å². The summed E-state index contributed by atoms with van der Waals surface area (Å²) in [7, 11) is -7.22. The molecule has 2 aromatic rings. The summed E-state index contributed by atoms with van der Waals surface area (Å²) in [6.45, 7) is 4.43. The first-order valence-corrected chi connectivity index (χ1v) is 13.2. The van der Waals surface area contributed by atoms with Crippen LogP contribution in [0, 0.1) is 13.8 Å². The summed E-state index contributed by atoms with van der Waals surface area (Å²) in [4.78, 5) is 12.7. The molecule has 3 rings (SSSR count). The first-order chi connectivity index (χ1) is 14.5. The summed E-state index contributed by atoms with van der Waals surface area (Å²) in [5.74, 6) is -0.529. The summed E-state index contributed by atoms with van der Waals surface area (Å²) in [5.41, 5.74) is 2.73. The molecule has 2 aromatic carbocycles. The van der Waals surface area contributed by atoms with Crippen LogP contribution in [0.5, 0.6) is 0 Å². The first-order valence-electron chi connectivity index (χ1n) is 9.93. The number of nitrogens with zero attached hydrogens (tertiary/aromatic N) is 2. The van der Waals surface area contributed by atoms with Crippen LogP contribution in [0.4, 0.5) is 11.4 Å². The van der Waals surface area contributed by atoms with E-state index < -0.39 is 32.5 Å². The van der Waals surface area contributed by atoms with E-state index in [1.807, 2.05) is 13.8 Å². The molecule has 31 heavy (non-hydrogen) atoms. The predicted octanol–water partition coefficient (Wildman–Crippen LogP) is 2.49. The van der Waals surface area contributed by atoms with E-state index in [1.165, 1.54) is 28.6 Å². The molecule has 0 radical (unpaired) electrons. The van der Waals surface area contributed by atoms with Crippen LogP contribution in [0.1, 0.15) is 24.0 Å². The molecule has 0 atom stereocenters. The lowest BCUT2D eigenvalue weighted by molar-refractivity contribution is -0.114. The van der Waals surface area contributed by atoms with Gasteiger partial charge in [0.2, 0.25) is 26.0 Å². The standard InChI is InChI=1S/C21H27N3O5S2/c1-16-6-9-19(14-17(16)2)24(30(3,26)27)15-21(25)22-18-7-10-20(11-8-18)31(28,29)23-12-4-5-13-23/h6-11,14H,4-5,12-13,15H2,1-3H3,(H,22,25). The van der Waals surface area contributed by atoms with Crippen molar-refractivity contribution in [2.45, 2.75) is 31.6 Å². The van der Waals surface area contributed by atoms with Crippen molar-refractivity contribution in [3.63, 3.8) is 0 Å². The number of hydrogen-bond acceptors (Lipinski definition) is 5. The summed E-state index contributed by atoms with van der Waals surface area (Å²) in [6.07, 6.45) is 2.75. The van der Waals surface area contributed by atoms with Gasteiger partial charge >= 0.3 is 0 Å². The van der Waals surface area contributed by atoms with Gasteiger partial charge in [-0.2, -0.15) is 4.31 Å². The Labute approximate surface area is 184 Å². The fraction of sp³-hybridized carbons (Fsp3) is 0.381. The monoisotopic (exact) mass is 465 g/mol. The number of benzene rings is 2. The van der Waals surface area contributed by atoms with Gasteiger partial charge in [0.05, 0.1) is 16.8 Å². The smallest absolute Gasteiger partial charge is 0.245 e. The van der Waals surface area contributed by atoms with Gasteiger partial charge in [0.25, 0.3) is 0 Å². The van der Waals surface area contributed by atoms with Crippen molar-refractivity contribution in [3.8, 4) is 0 Å². The zero-order valence-corrected chi connectivity index (χ0v) is 19.5. The van der Waals surface area contributed by atoms with Gasteiger partial charge in [-0.3, -0.25) is 9.10 Å². The first kappa shape index (κ1) is 23.2. The molecule has 0 bridgehead atoms. The number of sulfonamides is 2. The van der Waals surface area contributed by atoms with Crippen molar-refractivity contribution in [1.82, 2.24) is 4.31 Å². The minimum Gasteiger partial charge on any atom is -0.325 e. The summed E-state index contributed by atoms with van der Waals surface area (Å²) >= 11 is 0. The molecule has 168 valence electrons. The fourth-order valence-electron chi connectivity index (χ4n) is 3.40. The third-order valence-electron chi connectivity index (χ3n) is 5.31. The highest BCUT2D eigenvalue weighted by Gasteiger charge is 2.27. The van der Waals surface area contributed by atoms with E-state index in [0.29, 0.717) is 24.5 Å². The Kier molecular flexibility index (Phi) is 6.73. The van der Waals surface area contributed by atoms with Crippen molar-refractivity contribution in [1.29, 1.82) is 0 Å². The maximum atomic E-state index is 12.6. The number of rotatable bonds is 7. The van der Waals surface area contributed by atoms with Crippen LogP contribution in [-0.2, 0) is 24.8 Å². The van der Waals surface area contributed by atoms with E-state index in [2.05, 4.69) is 5.32 Å². The number of nitrogens with one attached hydrogen (secondary N) is 1. The predicted molar refractivity (Wildman–Crippen MR) is 121 cm³/mol. The lowest BCUT2D eigenvalue weighted by Crippen LogP contribution is -2.37. The molecule has 0 aliphatic carbocycles. The van der Waals surface area contributed by atoms with E-state index in [4.69, 9.17) is 0 Å². The third kappa shape index (κ3) is 5.44. The molecule has 0 aromatic heterocycles. The Morgan fingerprint density at radius 1 is 0.968 bits per heavy atom. The highest BCUT2D eigenvalue weighted by molar-refractivity contribution is 7.92. The number of aryl methyl sites for hydroxylation is 2. The second-order valence-corrected chi connectivity index (χ2v) is 11.6. The fourth-order valence-corrected chi connectivity index (χ4v) is 5.76. The largest absolute Gasteiger partial charge is 0.325 e. The van der Waals surface area contributed by atoms with Gasteiger partial charge < -0.3 is 5.32 Å². The van der Waals surface area contributed by atoms with Gasteiger partial charge in [-0.1, -0.05) is 6.07 Å². The maximum absolute atomic E-state index is 12.6. The topological polar surface area (TPSA) is 104 Å². The van der Waals surface area contributed by atoms with E-state index in [9.17, 15) is 21.6 Å². The van der Waals surface area contributed by atoms with Crippen LogP contribution in [-0.4, -0.2) is 52.9 Å². The van der Waals surface area contributed by atoms with Crippen LogP contribution in [0.25, 0.3) is 0 Å². The number of anilines is 2. The van der Waals surface area contributed by atoms with Crippen LogP contribution in [0.3, 0.4) is 0 Å². The average Bonchev–Trinajstić information content (AvgIpc) is 3.24. The van der Waals surface area contributed by atoms with Crippen molar-refractivity contribution in [3.05, 3.63) is 53.6 Å². The van der Waals surface area contributed by atoms with Gasteiger partial charge in [0.15, 0.2) is 0 Å². The molecule has 1 aliphatic rings. The molecule has 0 unspecified atom stereocenters. The van der Waals surface area contributed by atoms with Crippen LogP contribution in [0.2, 0.25) is 0 Å². The molecular weight excluding hydrogens is 438 g/mol. The van der Waals surface area contributed by atoms with Gasteiger partial charge in [-0.15, -0.1) is 0 Å². The van der Waals surface area contributed by atoms with E-state index in [1.54, 1.807) is 18.2 Å². The summed E-state index contributed by atoms with van der Waals surface area (Å²) < 4.78 is 52.2. The van der Waals surface area contributed by atoms with Gasteiger partial charge in [-0.05, 0) is 74.2 Å².